The van der Waals surface area contributed by atoms with Crippen molar-refractivity contribution in [1.82, 2.24) is 16.1 Å². The van der Waals surface area contributed by atoms with Gasteiger partial charge in [-0.05, 0) is 0 Å². The summed E-state index contributed by atoms with van der Waals surface area (Å²) in [6.07, 6.45) is 0. The number of nitrogens with zero attached hydrogens (tertiary/aromatic N) is 3. The maximum atomic E-state index is 10.9. The predicted molar refractivity (Wildman–Crippen MR) is 56.1 cm³/mol. The van der Waals surface area contributed by atoms with Crippen molar-refractivity contribution < 1.29 is 4.79 Å². The number of amidine groups is 1. The van der Waals surface area contributed by atoms with Crippen molar-refractivity contribution in [3.05, 3.63) is 35.9 Å². The Balaban J connectivity index is 1.98. The molecule has 2 rings (SSSR count). The summed E-state index contributed by atoms with van der Waals surface area (Å²) in [6.45, 7) is -0.0522. The summed E-state index contributed by atoms with van der Waals surface area (Å²) in [5.74, 6) is 0.0721. The van der Waals surface area contributed by atoms with Crippen LogP contribution in [0, 0.1) is 5.53 Å². The second-order valence-electron chi connectivity index (χ2n) is 3.13. The van der Waals surface area contributed by atoms with Crippen molar-refractivity contribution in [3.63, 3.8) is 0 Å². The van der Waals surface area contributed by atoms with Crippen LogP contribution in [-0.4, -0.2) is 23.4 Å². The number of hydrogen-bond donors (Lipinski definition) is 3. The average Bonchev–Trinajstić information content (AvgIpc) is 2.78. The quantitative estimate of drug-likeness (QED) is 0.633. The summed E-state index contributed by atoms with van der Waals surface area (Å²) in [5.41, 5.74) is 12.9. The van der Waals surface area contributed by atoms with Crippen LogP contribution in [0.4, 0.5) is 0 Å². The lowest BCUT2D eigenvalue weighted by molar-refractivity contribution is -0.120. The molecule has 0 radical (unpaired) electrons. The molecule has 1 heterocycles. The Morgan fingerprint density at radius 2 is 2.19 bits per heavy atom. The van der Waals surface area contributed by atoms with E-state index in [0.29, 0.717) is 5.84 Å². The summed E-state index contributed by atoms with van der Waals surface area (Å²) in [6, 6.07) is 9.49. The number of carbonyl (C=O) groups is 1. The van der Waals surface area contributed by atoms with Gasteiger partial charge in [0, 0.05) is 5.56 Å². The normalized spacial score (nSPS) is 14.9. The van der Waals surface area contributed by atoms with E-state index < -0.39 is 5.91 Å². The summed E-state index contributed by atoms with van der Waals surface area (Å²) in [7, 11) is 0. The van der Waals surface area contributed by atoms with Gasteiger partial charge in [-0.25, -0.2) is 11.1 Å². The third-order valence-electron chi connectivity index (χ3n) is 1.99. The zero-order chi connectivity index (χ0) is 11.4. The average molecular weight is 218 g/mol. The molecule has 0 spiro atoms. The number of hydrogen-bond acceptors (Lipinski definition) is 6. The third-order valence-corrected chi connectivity index (χ3v) is 1.99. The highest BCUT2D eigenvalue weighted by molar-refractivity contribution is 5.99. The highest BCUT2D eigenvalue weighted by Gasteiger charge is 2.17. The monoisotopic (exact) mass is 218 g/mol. The molecule has 1 aliphatic heterocycles. The van der Waals surface area contributed by atoms with E-state index in [9.17, 15) is 4.79 Å². The molecule has 1 aromatic rings. The van der Waals surface area contributed by atoms with Gasteiger partial charge in [-0.3, -0.25) is 10.2 Å². The van der Waals surface area contributed by atoms with Crippen molar-refractivity contribution >= 4 is 11.7 Å². The lowest BCUT2D eigenvalue weighted by Gasteiger charge is -2.12. The van der Waals surface area contributed by atoms with Gasteiger partial charge in [0.2, 0.25) is 0 Å². The topological polar surface area (TPSA) is 92.9 Å². The number of amides is 1. The highest BCUT2D eigenvalue weighted by atomic mass is 16.2. The molecule has 0 aliphatic carbocycles. The molecule has 0 atom stereocenters. The van der Waals surface area contributed by atoms with Crippen molar-refractivity contribution in [1.29, 1.82) is 5.53 Å². The molecule has 16 heavy (non-hydrogen) atoms. The summed E-state index contributed by atoms with van der Waals surface area (Å²) in [4.78, 5) is 10.9. The highest BCUT2D eigenvalue weighted by Crippen LogP contribution is 2.02. The van der Waals surface area contributed by atoms with E-state index in [0.717, 1.165) is 5.56 Å². The van der Waals surface area contributed by atoms with Crippen molar-refractivity contribution in [2.24, 2.45) is 10.2 Å². The first-order valence-electron chi connectivity index (χ1n) is 4.63. The smallest absolute Gasteiger partial charge is 0.281 e. The van der Waals surface area contributed by atoms with Crippen LogP contribution in [0.25, 0.3) is 0 Å². The number of nitrogens with one attached hydrogen (secondary N) is 3. The zero-order valence-corrected chi connectivity index (χ0v) is 8.34. The number of hydrazine groups is 2. The van der Waals surface area contributed by atoms with Gasteiger partial charge >= 0.3 is 0 Å². The molecule has 1 aromatic carbocycles. The van der Waals surface area contributed by atoms with Gasteiger partial charge < -0.3 is 0 Å². The SMILES string of the molecule is N=NC(=O)CN1NN=C(c2ccccc2)N1. The molecule has 1 aliphatic rings. The summed E-state index contributed by atoms with van der Waals surface area (Å²) >= 11 is 0. The molecule has 1 amide bonds. The van der Waals surface area contributed by atoms with Gasteiger partial charge in [0.05, 0.1) is 0 Å². The molecule has 7 heteroatoms. The lowest BCUT2D eigenvalue weighted by atomic mass is 10.2. The molecule has 0 unspecified atom stereocenters. The second-order valence-corrected chi connectivity index (χ2v) is 3.13. The van der Waals surface area contributed by atoms with E-state index in [-0.39, 0.29) is 6.54 Å². The fourth-order valence-corrected chi connectivity index (χ4v) is 1.26. The standard InChI is InChI=1S/C9H10N6O/c10-11-8(16)6-15-13-9(12-14-15)7-4-2-1-3-5-7/h1-5,10,14H,6H2,(H,12,13). The Morgan fingerprint density at radius 3 is 2.88 bits per heavy atom. The van der Waals surface area contributed by atoms with Crippen LogP contribution in [0.2, 0.25) is 0 Å². The molecular weight excluding hydrogens is 208 g/mol. The number of benzene rings is 1. The van der Waals surface area contributed by atoms with Crippen LogP contribution < -0.4 is 11.0 Å². The maximum absolute atomic E-state index is 10.9. The Kier molecular flexibility index (Phi) is 2.88. The Morgan fingerprint density at radius 1 is 1.44 bits per heavy atom. The molecule has 0 aromatic heterocycles. The van der Waals surface area contributed by atoms with E-state index in [1.54, 1.807) is 0 Å². The van der Waals surface area contributed by atoms with Crippen LogP contribution >= 0.6 is 0 Å². The van der Waals surface area contributed by atoms with Crippen molar-refractivity contribution in [2.75, 3.05) is 6.54 Å². The number of rotatable bonds is 3. The summed E-state index contributed by atoms with van der Waals surface area (Å²) in [5, 5.41) is 8.15. The second kappa shape index (κ2) is 4.49. The minimum Gasteiger partial charge on any atom is -0.282 e. The van der Waals surface area contributed by atoms with Crippen LogP contribution in [0.15, 0.2) is 40.5 Å². The van der Waals surface area contributed by atoms with Crippen LogP contribution in [-0.2, 0) is 4.79 Å². The van der Waals surface area contributed by atoms with Crippen molar-refractivity contribution in [3.8, 4) is 0 Å². The first-order valence-corrected chi connectivity index (χ1v) is 4.63. The minimum absolute atomic E-state index is 0.0522. The van der Waals surface area contributed by atoms with Gasteiger partial charge in [0.1, 0.15) is 6.54 Å². The maximum Gasteiger partial charge on any atom is 0.281 e. The van der Waals surface area contributed by atoms with Crippen LogP contribution in [0.3, 0.4) is 0 Å². The molecule has 82 valence electrons. The van der Waals surface area contributed by atoms with Crippen LogP contribution in [0.5, 0.6) is 0 Å². The number of hydrazone groups is 1. The Labute approximate surface area is 91.6 Å². The predicted octanol–water partition coefficient (Wildman–Crippen LogP) is 0.231. The molecule has 7 nitrogen and oxygen atoms in total. The lowest BCUT2D eigenvalue weighted by Crippen LogP contribution is -2.44. The van der Waals surface area contributed by atoms with E-state index in [2.05, 4.69) is 21.2 Å². The van der Waals surface area contributed by atoms with E-state index in [1.807, 2.05) is 30.3 Å². The molecule has 0 bridgehead atoms. The Bertz CT molecular complexity index is 429. The minimum atomic E-state index is -0.551. The molecule has 0 saturated heterocycles. The molecular formula is C9H10N6O. The van der Waals surface area contributed by atoms with Gasteiger partial charge in [0.25, 0.3) is 5.91 Å². The van der Waals surface area contributed by atoms with Gasteiger partial charge in [0.15, 0.2) is 5.84 Å². The van der Waals surface area contributed by atoms with E-state index >= 15 is 0 Å². The largest absolute Gasteiger partial charge is 0.282 e. The zero-order valence-electron chi connectivity index (χ0n) is 8.34. The number of carbonyl (C=O) groups excluding carboxylic acids is 1. The molecule has 3 N–H and O–H groups in total. The van der Waals surface area contributed by atoms with Gasteiger partial charge in [-0.1, -0.05) is 30.3 Å². The first-order chi connectivity index (χ1) is 7.79. The van der Waals surface area contributed by atoms with E-state index in [4.69, 9.17) is 5.53 Å². The first kappa shape index (κ1) is 10.2. The molecule has 0 saturated carbocycles. The fourth-order valence-electron chi connectivity index (χ4n) is 1.26. The fraction of sp³-hybridized carbons (Fsp3) is 0.111. The van der Waals surface area contributed by atoms with Gasteiger partial charge in [-0.15, -0.1) is 15.3 Å². The summed E-state index contributed by atoms with van der Waals surface area (Å²) < 4.78 is 0. The Hall–Kier alpha value is -2.28. The molecule has 0 fully saturated rings. The van der Waals surface area contributed by atoms with Gasteiger partial charge in [-0.2, -0.15) is 0 Å². The third kappa shape index (κ3) is 2.20. The van der Waals surface area contributed by atoms with E-state index in [1.165, 1.54) is 5.12 Å². The van der Waals surface area contributed by atoms with Crippen LogP contribution in [0.1, 0.15) is 5.56 Å². The van der Waals surface area contributed by atoms with Crippen molar-refractivity contribution in [2.45, 2.75) is 0 Å².